The van der Waals surface area contributed by atoms with Gasteiger partial charge in [0, 0.05) is 4.47 Å². The number of hydrogen-bond acceptors (Lipinski definition) is 0. The Labute approximate surface area is 222 Å². The Balaban J connectivity index is 1.47. The molecule has 0 N–H and O–H groups in total. The highest BCUT2D eigenvalue weighted by Crippen LogP contribution is 2.63. The molecule has 0 aliphatic heterocycles. The Morgan fingerprint density at radius 3 is 1.56 bits per heavy atom. The van der Waals surface area contributed by atoms with Crippen LogP contribution in [0.4, 0.5) is 0 Å². The second kappa shape index (κ2) is 7.93. The van der Waals surface area contributed by atoms with E-state index in [1.807, 2.05) is 0 Å². The first kappa shape index (κ1) is 21.4. The third kappa shape index (κ3) is 2.81. The third-order valence-electron chi connectivity index (χ3n) is 9.85. The highest BCUT2D eigenvalue weighted by atomic mass is 79.9. The van der Waals surface area contributed by atoms with Crippen LogP contribution in [0, 0.1) is 0 Å². The van der Waals surface area contributed by atoms with Crippen molar-refractivity contribution in [2.24, 2.45) is 0 Å². The van der Waals surface area contributed by atoms with Crippen LogP contribution in [0.3, 0.4) is 0 Å². The molecule has 0 radical (unpaired) electrons. The molecule has 2 fully saturated rings. The maximum absolute atomic E-state index is 3.86. The molecule has 0 heterocycles. The molecule has 4 aromatic rings. The summed E-state index contributed by atoms with van der Waals surface area (Å²) in [4.78, 5) is 0. The molecule has 0 nitrogen and oxygen atoms in total. The lowest BCUT2D eigenvalue weighted by atomic mass is 9.69. The molecular formula is C35H31Br. The van der Waals surface area contributed by atoms with E-state index in [2.05, 4.69) is 94.8 Å². The van der Waals surface area contributed by atoms with E-state index in [-0.39, 0.29) is 5.41 Å². The maximum Gasteiger partial charge on any atom is 0.0726 e. The van der Waals surface area contributed by atoms with E-state index in [1.165, 1.54) is 100 Å². The lowest BCUT2D eigenvalue weighted by Gasteiger charge is -2.31. The Morgan fingerprint density at radius 1 is 0.500 bits per heavy atom. The average molecular weight is 532 g/mol. The van der Waals surface area contributed by atoms with Crippen LogP contribution in [0.25, 0.3) is 22.3 Å². The van der Waals surface area contributed by atoms with Gasteiger partial charge in [-0.05, 0) is 105 Å². The van der Waals surface area contributed by atoms with E-state index in [1.54, 1.807) is 11.1 Å². The summed E-state index contributed by atoms with van der Waals surface area (Å²) in [6.45, 7) is 0. The number of halogens is 1. The van der Waals surface area contributed by atoms with Gasteiger partial charge >= 0.3 is 0 Å². The minimum atomic E-state index is -0.233. The SMILES string of the molecule is Brc1ccc2c(c1)C1(c3ccccc3-2)c2cc(C3CCCC3)ccc2-c2ccc(C3CCCC3)cc21. The van der Waals surface area contributed by atoms with Crippen molar-refractivity contribution in [1.82, 2.24) is 0 Å². The fourth-order valence-corrected chi connectivity index (χ4v) is 8.58. The molecule has 4 aliphatic rings. The van der Waals surface area contributed by atoms with Crippen LogP contribution < -0.4 is 0 Å². The van der Waals surface area contributed by atoms with E-state index >= 15 is 0 Å². The van der Waals surface area contributed by atoms with Crippen molar-refractivity contribution in [3.05, 3.63) is 117 Å². The highest BCUT2D eigenvalue weighted by molar-refractivity contribution is 9.10. The standard InChI is InChI=1S/C35H31Br/c36-26-15-18-30-27-11-5-6-12-31(27)35(34(30)21-26)32-19-24(22-7-1-2-8-22)13-16-28(32)29-17-14-25(20-33(29)35)23-9-3-4-10-23/h5-6,11-23H,1-4,7-10H2. The van der Waals surface area contributed by atoms with Gasteiger partial charge in [-0.15, -0.1) is 0 Å². The van der Waals surface area contributed by atoms with Crippen LogP contribution in [0.5, 0.6) is 0 Å². The fourth-order valence-electron chi connectivity index (χ4n) is 8.22. The van der Waals surface area contributed by atoms with Gasteiger partial charge in [0.15, 0.2) is 0 Å². The van der Waals surface area contributed by atoms with Gasteiger partial charge in [0.1, 0.15) is 0 Å². The monoisotopic (exact) mass is 530 g/mol. The summed E-state index contributed by atoms with van der Waals surface area (Å²) in [6.07, 6.45) is 10.8. The lowest BCUT2D eigenvalue weighted by Crippen LogP contribution is -2.26. The Kier molecular flexibility index (Phi) is 4.72. The molecule has 0 unspecified atom stereocenters. The zero-order valence-electron chi connectivity index (χ0n) is 20.7. The smallest absolute Gasteiger partial charge is 0.0619 e. The summed E-state index contributed by atoms with van der Waals surface area (Å²) in [5.41, 5.74) is 14.5. The number of hydrogen-bond donors (Lipinski definition) is 0. The molecule has 0 bridgehead atoms. The average Bonchev–Trinajstić information content (AvgIpc) is 3.71. The first-order chi connectivity index (χ1) is 17.7. The second-order valence-corrected chi connectivity index (χ2v) is 12.5. The van der Waals surface area contributed by atoms with Gasteiger partial charge < -0.3 is 0 Å². The van der Waals surface area contributed by atoms with E-state index < -0.39 is 0 Å². The van der Waals surface area contributed by atoms with Crippen LogP contribution in [0.2, 0.25) is 0 Å². The number of benzene rings is 4. The Bertz CT molecular complexity index is 1450. The minimum Gasteiger partial charge on any atom is -0.0619 e. The maximum atomic E-state index is 3.86. The molecule has 178 valence electrons. The molecule has 2 saturated carbocycles. The first-order valence-corrected chi connectivity index (χ1v) is 14.7. The van der Waals surface area contributed by atoms with Crippen LogP contribution in [0.15, 0.2) is 83.3 Å². The van der Waals surface area contributed by atoms with Crippen molar-refractivity contribution >= 4 is 15.9 Å². The Hall–Kier alpha value is -2.64. The van der Waals surface area contributed by atoms with Crippen molar-refractivity contribution in [2.75, 3.05) is 0 Å². The topological polar surface area (TPSA) is 0 Å². The van der Waals surface area contributed by atoms with Crippen LogP contribution >= 0.6 is 15.9 Å². The molecule has 0 saturated heterocycles. The van der Waals surface area contributed by atoms with Gasteiger partial charge in [0.2, 0.25) is 0 Å². The molecule has 0 amide bonds. The molecular weight excluding hydrogens is 500 g/mol. The van der Waals surface area contributed by atoms with Crippen molar-refractivity contribution < 1.29 is 0 Å². The molecule has 0 aromatic heterocycles. The van der Waals surface area contributed by atoms with Gasteiger partial charge in [-0.3, -0.25) is 0 Å². The van der Waals surface area contributed by atoms with Gasteiger partial charge in [0.25, 0.3) is 0 Å². The summed E-state index contributed by atoms with van der Waals surface area (Å²) in [5.74, 6) is 1.42. The quantitative estimate of drug-likeness (QED) is 0.209. The summed E-state index contributed by atoms with van der Waals surface area (Å²) < 4.78 is 1.17. The van der Waals surface area contributed by atoms with E-state index in [4.69, 9.17) is 0 Å². The highest BCUT2D eigenvalue weighted by Gasteiger charge is 2.52. The zero-order chi connectivity index (χ0) is 23.9. The third-order valence-corrected chi connectivity index (χ3v) is 10.3. The summed E-state index contributed by atoms with van der Waals surface area (Å²) >= 11 is 3.86. The van der Waals surface area contributed by atoms with Gasteiger partial charge in [-0.1, -0.05) is 108 Å². The summed E-state index contributed by atoms with van der Waals surface area (Å²) in [5, 5.41) is 0. The summed E-state index contributed by atoms with van der Waals surface area (Å²) in [7, 11) is 0. The van der Waals surface area contributed by atoms with Crippen molar-refractivity contribution in [2.45, 2.75) is 68.6 Å². The Morgan fingerprint density at radius 2 is 0.972 bits per heavy atom. The lowest BCUT2D eigenvalue weighted by molar-refractivity contribution is 0.710. The molecule has 1 heteroatoms. The zero-order valence-corrected chi connectivity index (χ0v) is 22.3. The second-order valence-electron chi connectivity index (χ2n) is 11.6. The number of rotatable bonds is 2. The molecule has 0 atom stereocenters. The molecule has 4 aromatic carbocycles. The molecule has 4 aliphatic carbocycles. The molecule has 8 rings (SSSR count). The largest absolute Gasteiger partial charge is 0.0726 e. The van der Waals surface area contributed by atoms with Gasteiger partial charge in [0.05, 0.1) is 5.41 Å². The normalized spacial score (nSPS) is 19.5. The summed E-state index contributed by atoms with van der Waals surface area (Å²) in [6, 6.07) is 31.3. The van der Waals surface area contributed by atoms with Crippen molar-refractivity contribution in [3.63, 3.8) is 0 Å². The first-order valence-electron chi connectivity index (χ1n) is 13.9. The molecule has 36 heavy (non-hydrogen) atoms. The van der Waals surface area contributed by atoms with Gasteiger partial charge in [-0.25, -0.2) is 0 Å². The van der Waals surface area contributed by atoms with Gasteiger partial charge in [-0.2, -0.15) is 0 Å². The predicted octanol–water partition coefficient (Wildman–Crippen LogP) is 10.1. The minimum absolute atomic E-state index is 0.233. The van der Waals surface area contributed by atoms with Crippen molar-refractivity contribution in [3.8, 4) is 22.3 Å². The molecule has 1 spiro atoms. The van der Waals surface area contributed by atoms with Crippen LogP contribution in [0.1, 0.15) is 96.6 Å². The number of fused-ring (bicyclic) bond motifs is 10. The predicted molar refractivity (Wildman–Crippen MR) is 153 cm³/mol. The van der Waals surface area contributed by atoms with E-state index in [9.17, 15) is 0 Å². The van der Waals surface area contributed by atoms with E-state index in [0.29, 0.717) is 11.8 Å². The van der Waals surface area contributed by atoms with Crippen LogP contribution in [-0.4, -0.2) is 0 Å². The van der Waals surface area contributed by atoms with E-state index in [0.717, 1.165) is 0 Å². The van der Waals surface area contributed by atoms with Crippen LogP contribution in [-0.2, 0) is 5.41 Å². The van der Waals surface area contributed by atoms with Crippen molar-refractivity contribution in [1.29, 1.82) is 0 Å². The fraction of sp³-hybridized carbons (Fsp3) is 0.314.